The maximum Gasteiger partial charge on any atom is 0.263 e. The number of aryl methyl sites for hydroxylation is 2. The Hall–Kier alpha value is -1.55. The minimum atomic E-state index is -0.432. The quantitative estimate of drug-likeness (QED) is 0.897. The molecule has 0 bridgehead atoms. The van der Waals surface area contributed by atoms with E-state index < -0.39 is 6.10 Å². The van der Waals surface area contributed by atoms with Crippen LogP contribution >= 0.6 is 0 Å². The molecule has 0 radical (unpaired) electrons. The molecule has 0 spiro atoms. The summed E-state index contributed by atoms with van der Waals surface area (Å²) in [5.41, 5.74) is 2.20. The number of hydrogen-bond donors (Lipinski definition) is 1. The van der Waals surface area contributed by atoms with Gasteiger partial charge in [-0.1, -0.05) is 12.1 Å². The molecule has 1 aromatic rings. The van der Waals surface area contributed by atoms with E-state index >= 15 is 0 Å². The monoisotopic (exact) mass is 262 g/mol. The van der Waals surface area contributed by atoms with Crippen LogP contribution in [0.4, 0.5) is 0 Å². The molecule has 19 heavy (non-hydrogen) atoms. The maximum atomic E-state index is 12.3. The van der Waals surface area contributed by atoms with Crippen molar-refractivity contribution in [3.63, 3.8) is 0 Å². The van der Waals surface area contributed by atoms with Gasteiger partial charge in [0, 0.05) is 26.2 Å². The van der Waals surface area contributed by atoms with E-state index in [-0.39, 0.29) is 5.91 Å². The summed E-state index contributed by atoms with van der Waals surface area (Å²) in [5, 5.41) is 3.24. The van der Waals surface area contributed by atoms with Crippen molar-refractivity contribution in [2.75, 3.05) is 26.2 Å². The minimum absolute atomic E-state index is 0.0717. The highest BCUT2D eigenvalue weighted by atomic mass is 16.5. The van der Waals surface area contributed by atoms with E-state index in [1.165, 1.54) is 0 Å². The average molecular weight is 262 g/mol. The van der Waals surface area contributed by atoms with E-state index in [0.29, 0.717) is 0 Å². The van der Waals surface area contributed by atoms with Crippen molar-refractivity contribution in [2.24, 2.45) is 0 Å². The van der Waals surface area contributed by atoms with Crippen LogP contribution in [0.5, 0.6) is 5.75 Å². The van der Waals surface area contributed by atoms with Crippen molar-refractivity contribution < 1.29 is 9.53 Å². The van der Waals surface area contributed by atoms with Crippen molar-refractivity contribution in [3.05, 3.63) is 29.3 Å². The second-order valence-corrected chi connectivity index (χ2v) is 5.10. The highest BCUT2D eigenvalue weighted by Gasteiger charge is 2.23. The molecule has 1 heterocycles. The standard InChI is InChI=1S/C15H22N2O2/c1-11-4-5-12(2)14(10-11)19-13(3)15(18)17-8-6-16-7-9-17/h4-5,10,13,16H,6-9H2,1-3H3/t13-/m0/s1. The van der Waals surface area contributed by atoms with Crippen LogP contribution in [0.2, 0.25) is 0 Å². The van der Waals surface area contributed by atoms with Gasteiger partial charge in [0.1, 0.15) is 5.75 Å². The molecule has 1 fully saturated rings. The number of hydrogen-bond acceptors (Lipinski definition) is 3. The summed E-state index contributed by atoms with van der Waals surface area (Å²) in [7, 11) is 0. The largest absolute Gasteiger partial charge is 0.481 e. The number of benzene rings is 1. The number of ether oxygens (including phenoxy) is 1. The lowest BCUT2D eigenvalue weighted by atomic mass is 10.1. The first-order valence-electron chi connectivity index (χ1n) is 6.81. The highest BCUT2D eigenvalue weighted by molar-refractivity contribution is 5.81. The Kier molecular flexibility index (Phi) is 4.43. The zero-order valence-corrected chi connectivity index (χ0v) is 11.9. The van der Waals surface area contributed by atoms with Gasteiger partial charge in [0.05, 0.1) is 0 Å². The fourth-order valence-corrected chi connectivity index (χ4v) is 2.22. The third-order valence-corrected chi connectivity index (χ3v) is 3.42. The number of rotatable bonds is 3. The molecule has 0 saturated carbocycles. The lowest BCUT2D eigenvalue weighted by Crippen LogP contribution is -2.50. The second kappa shape index (κ2) is 6.06. The van der Waals surface area contributed by atoms with Crippen LogP contribution in [0.1, 0.15) is 18.1 Å². The molecule has 4 nitrogen and oxygen atoms in total. The molecule has 0 aliphatic carbocycles. The topological polar surface area (TPSA) is 41.6 Å². The van der Waals surface area contributed by atoms with Crippen LogP contribution in [-0.4, -0.2) is 43.1 Å². The molecule has 2 rings (SSSR count). The van der Waals surface area contributed by atoms with Crippen LogP contribution in [0.3, 0.4) is 0 Å². The van der Waals surface area contributed by atoms with E-state index in [1.807, 2.05) is 43.9 Å². The van der Waals surface area contributed by atoms with Gasteiger partial charge >= 0.3 is 0 Å². The maximum absolute atomic E-state index is 12.3. The Morgan fingerprint density at radius 2 is 2.00 bits per heavy atom. The van der Waals surface area contributed by atoms with Crippen LogP contribution in [0.25, 0.3) is 0 Å². The first-order chi connectivity index (χ1) is 9.08. The van der Waals surface area contributed by atoms with Crippen LogP contribution < -0.4 is 10.1 Å². The lowest BCUT2D eigenvalue weighted by molar-refractivity contribution is -0.138. The minimum Gasteiger partial charge on any atom is -0.481 e. The number of nitrogens with zero attached hydrogens (tertiary/aromatic N) is 1. The summed E-state index contributed by atoms with van der Waals surface area (Å²) in [6.45, 7) is 9.10. The van der Waals surface area contributed by atoms with Gasteiger partial charge in [0.2, 0.25) is 0 Å². The van der Waals surface area contributed by atoms with E-state index in [9.17, 15) is 4.79 Å². The predicted octanol–water partition coefficient (Wildman–Crippen LogP) is 1.50. The van der Waals surface area contributed by atoms with Crippen molar-refractivity contribution in [1.29, 1.82) is 0 Å². The molecule has 0 unspecified atom stereocenters. The molecule has 1 aliphatic heterocycles. The molecular formula is C15H22N2O2. The lowest BCUT2D eigenvalue weighted by Gasteiger charge is -2.30. The molecule has 1 N–H and O–H groups in total. The zero-order valence-electron chi connectivity index (χ0n) is 11.9. The third-order valence-electron chi connectivity index (χ3n) is 3.42. The first-order valence-corrected chi connectivity index (χ1v) is 6.81. The van der Waals surface area contributed by atoms with Crippen molar-refractivity contribution in [3.8, 4) is 5.75 Å². The summed E-state index contributed by atoms with van der Waals surface area (Å²) in [5.74, 6) is 0.874. The highest BCUT2D eigenvalue weighted by Crippen LogP contribution is 2.21. The smallest absolute Gasteiger partial charge is 0.263 e. The summed E-state index contributed by atoms with van der Waals surface area (Å²) in [6, 6.07) is 6.05. The third kappa shape index (κ3) is 3.47. The Labute approximate surface area is 114 Å². The first kappa shape index (κ1) is 13.9. The summed E-state index contributed by atoms with van der Waals surface area (Å²) < 4.78 is 5.83. The number of carbonyl (C=O) groups is 1. The molecule has 104 valence electrons. The van der Waals surface area contributed by atoms with Crippen molar-refractivity contribution >= 4 is 5.91 Å². The predicted molar refractivity (Wildman–Crippen MR) is 75.5 cm³/mol. The van der Waals surface area contributed by atoms with Gasteiger partial charge in [-0.2, -0.15) is 0 Å². The van der Waals surface area contributed by atoms with Crippen molar-refractivity contribution in [1.82, 2.24) is 10.2 Å². The van der Waals surface area contributed by atoms with E-state index in [0.717, 1.165) is 43.1 Å². The summed E-state index contributed by atoms with van der Waals surface area (Å²) in [6.07, 6.45) is -0.432. The molecule has 1 atom stereocenters. The van der Waals surface area contributed by atoms with Crippen LogP contribution in [-0.2, 0) is 4.79 Å². The Bertz CT molecular complexity index is 453. The van der Waals surface area contributed by atoms with Gasteiger partial charge in [0.25, 0.3) is 5.91 Å². The number of piperazine rings is 1. The molecule has 1 aliphatic rings. The van der Waals surface area contributed by atoms with Gasteiger partial charge in [-0.15, -0.1) is 0 Å². The fraction of sp³-hybridized carbons (Fsp3) is 0.533. The Morgan fingerprint density at radius 3 is 2.68 bits per heavy atom. The van der Waals surface area contributed by atoms with Gasteiger partial charge in [-0.25, -0.2) is 0 Å². The number of nitrogens with one attached hydrogen (secondary N) is 1. The number of amides is 1. The van der Waals surface area contributed by atoms with E-state index in [2.05, 4.69) is 5.32 Å². The summed E-state index contributed by atoms with van der Waals surface area (Å²) >= 11 is 0. The second-order valence-electron chi connectivity index (χ2n) is 5.10. The van der Waals surface area contributed by atoms with Crippen LogP contribution in [0.15, 0.2) is 18.2 Å². The molecular weight excluding hydrogens is 240 g/mol. The van der Waals surface area contributed by atoms with E-state index in [1.54, 1.807) is 0 Å². The van der Waals surface area contributed by atoms with Gasteiger partial charge in [-0.3, -0.25) is 4.79 Å². The molecule has 1 amide bonds. The normalized spacial score (nSPS) is 17.1. The Balaban J connectivity index is 2.01. The average Bonchev–Trinajstić information content (AvgIpc) is 2.43. The fourth-order valence-electron chi connectivity index (χ4n) is 2.22. The van der Waals surface area contributed by atoms with Crippen molar-refractivity contribution in [2.45, 2.75) is 26.9 Å². The van der Waals surface area contributed by atoms with Gasteiger partial charge in [0.15, 0.2) is 6.10 Å². The Morgan fingerprint density at radius 1 is 1.32 bits per heavy atom. The molecule has 0 aromatic heterocycles. The van der Waals surface area contributed by atoms with Crippen LogP contribution in [0, 0.1) is 13.8 Å². The van der Waals surface area contributed by atoms with E-state index in [4.69, 9.17) is 4.74 Å². The SMILES string of the molecule is Cc1ccc(C)c(O[C@@H](C)C(=O)N2CCNCC2)c1. The van der Waals surface area contributed by atoms with Gasteiger partial charge in [-0.05, 0) is 38.0 Å². The molecule has 4 heteroatoms. The zero-order chi connectivity index (χ0) is 13.8. The molecule has 1 aromatic carbocycles. The number of carbonyl (C=O) groups excluding carboxylic acids is 1. The summed E-state index contributed by atoms with van der Waals surface area (Å²) in [4.78, 5) is 14.1. The van der Waals surface area contributed by atoms with Gasteiger partial charge < -0.3 is 15.0 Å². The molecule has 1 saturated heterocycles.